The second-order valence-corrected chi connectivity index (χ2v) is 7.32. The van der Waals surface area contributed by atoms with Crippen molar-refractivity contribution in [1.82, 2.24) is 0 Å². The molecule has 0 radical (unpaired) electrons. The molecule has 2 nitrogen and oxygen atoms in total. The van der Waals surface area contributed by atoms with Crippen LogP contribution in [0.5, 0.6) is 0 Å². The van der Waals surface area contributed by atoms with Gasteiger partial charge in [0.05, 0.1) is 17.5 Å². The summed E-state index contributed by atoms with van der Waals surface area (Å²) in [6, 6.07) is 0. The van der Waals surface area contributed by atoms with Gasteiger partial charge in [0, 0.05) is 0 Å². The molecule has 116 valence electrons. The minimum Gasteiger partial charge on any atom is -0.181 e. The molecule has 0 aliphatic carbocycles. The van der Waals surface area contributed by atoms with Gasteiger partial charge < -0.3 is 0 Å². The summed E-state index contributed by atoms with van der Waals surface area (Å²) < 4.78 is 4.12. The average Bonchev–Trinajstić information content (AvgIpc) is 2.46. The van der Waals surface area contributed by atoms with Crippen LogP contribution in [0.25, 0.3) is 0 Å². The third kappa shape index (κ3) is 13.0. The van der Waals surface area contributed by atoms with E-state index in [4.69, 9.17) is 0 Å². The van der Waals surface area contributed by atoms with Gasteiger partial charge in [-0.15, -0.1) is 4.52 Å². The van der Waals surface area contributed by atoms with Gasteiger partial charge in [-0.25, -0.2) is 0 Å². The molecule has 1 aliphatic heterocycles. The molecule has 0 N–H and O–H groups in total. The molecule has 0 unspecified atom stereocenters. The maximum absolute atomic E-state index is 4.19. The predicted octanol–water partition coefficient (Wildman–Crippen LogP) is 7.33. The van der Waals surface area contributed by atoms with Crippen LogP contribution in [0.2, 0.25) is 0 Å². The lowest BCUT2D eigenvalue weighted by Gasteiger charge is -2.02. The standard InChI is InChI=1S/C16H30N2S2/c1-2-4-6-8-10-12-14-16-19-20-18-17-15-13-11-9-7-5-3-1/h14,16H,1-13,15H2. The van der Waals surface area contributed by atoms with Crippen molar-refractivity contribution in [3.8, 4) is 0 Å². The van der Waals surface area contributed by atoms with Crippen LogP contribution in [0.4, 0.5) is 0 Å². The monoisotopic (exact) mass is 314 g/mol. The number of rotatable bonds is 0. The second-order valence-electron chi connectivity index (χ2n) is 5.52. The lowest BCUT2D eigenvalue weighted by atomic mass is 10.0. The Kier molecular flexibility index (Phi) is 14.0. The largest absolute Gasteiger partial charge is 0.181 e. The third-order valence-electron chi connectivity index (χ3n) is 3.66. The molecule has 0 fully saturated rings. The molecule has 0 aromatic heterocycles. The van der Waals surface area contributed by atoms with Crippen molar-refractivity contribution in [2.24, 2.45) is 9.63 Å². The van der Waals surface area contributed by atoms with E-state index in [2.05, 4.69) is 21.1 Å². The van der Waals surface area contributed by atoms with Crippen LogP contribution in [-0.2, 0) is 0 Å². The van der Waals surface area contributed by atoms with Crippen molar-refractivity contribution in [1.29, 1.82) is 0 Å². The van der Waals surface area contributed by atoms with Gasteiger partial charge >= 0.3 is 0 Å². The van der Waals surface area contributed by atoms with E-state index < -0.39 is 0 Å². The SMILES string of the molecule is C1=CSSN=NCCCCCCCCCCCCCC1. The number of hydrogen-bond donors (Lipinski definition) is 0. The van der Waals surface area contributed by atoms with Crippen LogP contribution >= 0.6 is 21.8 Å². The predicted molar refractivity (Wildman–Crippen MR) is 94.1 cm³/mol. The van der Waals surface area contributed by atoms with E-state index in [1.165, 1.54) is 94.5 Å². The molecular formula is C16H30N2S2. The molecular weight excluding hydrogens is 284 g/mol. The Morgan fingerprint density at radius 1 is 0.650 bits per heavy atom. The molecule has 0 amide bonds. The highest BCUT2D eigenvalue weighted by Crippen LogP contribution is 2.24. The summed E-state index contributed by atoms with van der Waals surface area (Å²) in [6.07, 6.45) is 20.1. The summed E-state index contributed by atoms with van der Waals surface area (Å²) in [6.45, 7) is 0.900. The fraction of sp³-hybridized carbons (Fsp3) is 0.875. The zero-order valence-corrected chi connectivity index (χ0v) is 14.4. The van der Waals surface area contributed by atoms with E-state index in [0.717, 1.165) is 6.54 Å². The van der Waals surface area contributed by atoms with Gasteiger partial charge in [-0.3, -0.25) is 0 Å². The van der Waals surface area contributed by atoms with Crippen molar-refractivity contribution in [3.63, 3.8) is 0 Å². The number of nitrogens with zero attached hydrogens (tertiary/aromatic N) is 2. The smallest absolute Gasteiger partial charge is 0.0716 e. The highest BCUT2D eigenvalue weighted by atomic mass is 33.1. The Labute approximate surface area is 133 Å². The summed E-state index contributed by atoms with van der Waals surface area (Å²) >= 11 is 0. The quantitative estimate of drug-likeness (QED) is 0.345. The van der Waals surface area contributed by atoms with Crippen LogP contribution in [0.15, 0.2) is 21.1 Å². The van der Waals surface area contributed by atoms with E-state index in [0.29, 0.717) is 0 Å². The van der Waals surface area contributed by atoms with Gasteiger partial charge in [0.1, 0.15) is 0 Å². The lowest BCUT2D eigenvalue weighted by molar-refractivity contribution is 0.542. The summed E-state index contributed by atoms with van der Waals surface area (Å²) in [4.78, 5) is 0. The Hall–Kier alpha value is 0.0400. The lowest BCUT2D eigenvalue weighted by Crippen LogP contribution is -1.84. The first-order valence-electron chi connectivity index (χ1n) is 8.34. The number of allylic oxidation sites excluding steroid dienone is 1. The first-order chi connectivity index (χ1) is 10.0. The van der Waals surface area contributed by atoms with Crippen molar-refractivity contribution >= 4 is 21.8 Å². The molecule has 1 aliphatic rings. The molecule has 0 saturated heterocycles. The second kappa shape index (κ2) is 15.4. The molecule has 0 aromatic carbocycles. The fourth-order valence-corrected chi connectivity index (χ4v) is 3.50. The molecule has 20 heavy (non-hydrogen) atoms. The van der Waals surface area contributed by atoms with Gasteiger partial charge in [0.15, 0.2) is 0 Å². The van der Waals surface area contributed by atoms with Crippen LogP contribution in [0.1, 0.15) is 83.5 Å². The molecule has 1 rings (SSSR count). The minimum atomic E-state index is 0.900. The first-order valence-corrected chi connectivity index (χ1v) is 10.5. The Bertz CT molecular complexity index is 229. The van der Waals surface area contributed by atoms with E-state index in [9.17, 15) is 0 Å². The van der Waals surface area contributed by atoms with Crippen molar-refractivity contribution in [2.45, 2.75) is 83.5 Å². The summed E-state index contributed by atoms with van der Waals surface area (Å²) in [5.41, 5.74) is 0. The molecule has 0 bridgehead atoms. The van der Waals surface area contributed by atoms with Gasteiger partial charge in [-0.2, -0.15) is 5.11 Å². The number of hydrogen-bond acceptors (Lipinski definition) is 4. The van der Waals surface area contributed by atoms with Gasteiger partial charge in [-0.05, 0) is 35.5 Å². The maximum atomic E-state index is 4.19. The van der Waals surface area contributed by atoms with Crippen molar-refractivity contribution in [2.75, 3.05) is 6.54 Å². The Balaban J connectivity index is 2.11. The molecule has 0 aromatic rings. The molecule has 0 saturated carbocycles. The zero-order chi connectivity index (χ0) is 14.1. The van der Waals surface area contributed by atoms with Crippen molar-refractivity contribution < 1.29 is 0 Å². The molecule has 4 heteroatoms. The van der Waals surface area contributed by atoms with Gasteiger partial charge in [-0.1, -0.05) is 70.3 Å². The van der Waals surface area contributed by atoms with E-state index in [-0.39, 0.29) is 0 Å². The molecule has 1 heterocycles. The average molecular weight is 315 g/mol. The van der Waals surface area contributed by atoms with E-state index >= 15 is 0 Å². The van der Waals surface area contributed by atoms with Crippen LogP contribution in [0, 0.1) is 0 Å². The normalized spacial score (nSPS) is 22.4. The van der Waals surface area contributed by atoms with Crippen LogP contribution < -0.4 is 0 Å². The van der Waals surface area contributed by atoms with Crippen LogP contribution in [0.3, 0.4) is 0 Å². The highest BCUT2D eigenvalue weighted by molar-refractivity contribution is 8.77. The topological polar surface area (TPSA) is 24.7 Å². The fourth-order valence-electron chi connectivity index (χ4n) is 2.43. The van der Waals surface area contributed by atoms with Gasteiger partial charge in [0.25, 0.3) is 0 Å². The summed E-state index contributed by atoms with van der Waals surface area (Å²) in [5, 5.41) is 6.35. The first kappa shape index (κ1) is 18.1. The third-order valence-corrected chi connectivity index (χ3v) is 5.03. The van der Waals surface area contributed by atoms with Gasteiger partial charge in [0.2, 0.25) is 0 Å². The minimum absolute atomic E-state index is 0.900. The maximum Gasteiger partial charge on any atom is 0.0716 e. The van der Waals surface area contributed by atoms with Crippen LogP contribution in [-0.4, -0.2) is 6.54 Å². The highest BCUT2D eigenvalue weighted by Gasteiger charge is 1.94. The Morgan fingerprint density at radius 2 is 1.20 bits per heavy atom. The summed E-state index contributed by atoms with van der Waals surface area (Å²) in [5.74, 6) is 0. The van der Waals surface area contributed by atoms with E-state index in [1.807, 2.05) is 0 Å². The summed E-state index contributed by atoms with van der Waals surface area (Å²) in [7, 11) is 3.17. The van der Waals surface area contributed by atoms with E-state index in [1.54, 1.807) is 10.8 Å². The van der Waals surface area contributed by atoms with Crippen molar-refractivity contribution in [3.05, 3.63) is 11.5 Å². The molecule has 0 atom stereocenters. The molecule has 0 spiro atoms. The zero-order valence-electron chi connectivity index (χ0n) is 12.8. The Morgan fingerprint density at radius 3 is 1.85 bits per heavy atom.